The van der Waals surface area contributed by atoms with Crippen molar-refractivity contribution in [2.45, 2.75) is 31.2 Å². The first-order valence-electron chi connectivity index (χ1n) is 8.07. The van der Waals surface area contributed by atoms with Gasteiger partial charge in [0.25, 0.3) is 5.13 Å². The topological polar surface area (TPSA) is 99.9 Å². The van der Waals surface area contributed by atoms with Crippen LogP contribution in [-0.2, 0) is 15.4 Å². The minimum absolute atomic E-state index is 0.0369. The molecule has 2 heterocycles. The molecular weight excluding hydrogens is 417 g/mol. The molecular formula is C15H17F3N6O2S2. The van der Waals surface area contributed by atoms with Crippen molar-refractivity contribution in [3.63, 3.8) is 0 Å². The molecule has 13 heteroatoms. The van der Waals surface area contributed by atoms with Crippen molar-refractivity contribution in [1.29, 1.82) is 0 Å². The Hall–Kier alpha value is -2.28. The standard InChI is InChI=1S/C15H17F3N6O2S2/c1-14(2)4-5-24(3)12-7-11(23-28(25,26)15(16,17)18)10(6-9(12)14)20-22-13-21-19-8-27-13/h6-8,23H,4-5H2,1-3H3. The summed E-state index contributed by atoms with van der Waals surface area (Å²) in [5.74, 6) is 0. The smallest absolute Gasteiger partial charge is 0.374 e. The molecule has 0 atom stereocenters. The van der Waals surface area contributed by atoms with Gasteiger partial charge in [0.05, 0.1) is 5.69 Å². The molecule has 0 bridgehead atoms. The van der Waals surface area contributed by atoms with Crippen molar-refractivity contribution in [2.75, 3.05) is 23.2 Å². The summed E-state index contributed by atoms with van der Waals surface area (Å²) in [5, 5.41) is 15.3. The van der Waals surface area contributed by atoms with Gasteiger partial charge in [0, 0.05) is 19.3 Å². The molecule has 0 aliphatic carbocycles. The van der Waals surface area contributed by atoms with Crippen molar-refractivity contribution < 1.29 is 21.6 Å². The maximum Gasteiger partial charge on any atom is 0.516 e. The largest absolute Gasteiger partial charge is 0.516 e. The van der Waals surface area contributed by atoms with E-state index in [-0.39, 0.29) is 21.9 Å². The Morgan fingerprint density at radius 2 is 2.00 bits per heavy atom. The van der Waals surface area contributed by atoms with E-state index >= 15 is 0 Å². The van der Waals surface area contributed by atoms with E-state index in [1.165, 1.54) is 11.6 Å². The van der Waals surface area contributed by atoms with E-state index in [1.807, 2.05) is 18.7 Å². The van der Waals surface area contributed by atoms with Crippen LogP contribution in [0.4, 0.5) is 35.4 Å². The number of aromatic nitrogens is 2. The summed E-state index contributed by atoms with van der Waals surface area (Å²) >= 11 is 1.08. The number of benzene rings is 1. The molecule has 8 nitrogen and oxygen atoms in total. The van der Waals surface area contributed by atoms with Gasteiger partial charge in [-0.05, 0) is 29.5 Å². The highest BCUT2D eigenvalue weighted by atomic mass is 32.2. The minimum Gasteiger partial charge on any atom is -0.374 e. The highest BCUT2D eigenvalue weighted by Crippen LogP contribution is 2.45. The number of sulfonamides is 1. The summed E-state index contributed by atoms with van der Waals surface area (Å²) in [6.45, 7) is 4.69. The third-order valence-electron chi connectivity index (χ3n) is 4.47. The van der Waals surface area contributed by atoms with Gasteiger partial charge in [0.15, 0.2) is 0 Å². The van der Waals surface area contributed by atoms with Crippen LogP contribution in [0.25, 0.3) is 0 Å². The van der Waals surface area contributed by atoms with Gasteiger partial charge < -0.3 is 4.90 Å². The fourth-order valence-corrected chi connectivity index (χ4v) is 3.75. The van der Waals surface area contributed by atoms with Crippen molar-refractivity contribution in [3.8, 4) is 0 Å². The van der Waals surface area contributed by atoms with Crippen LogP contribution in [0.3, 0.4) is 0 Å². The molecule has 0 amide bonds. The van der Waals surface area contributed by atoms with Crippen LogP contribution in [0.2, 0.25) is 0 Å². The van der Waals surface area contributed by atoms with Crippen LogP contribution in [0, 0.1) is 0 Å². The Labute approximate surface area is 163 Å². The van der Waals surface area contributed by atoms with Crippen molar-refractivity contribution in [3.05, 3.63) is 23.2 Å². The number of anilines is 2. The minimum atomic E-state index is -5.61. The fourth-order valence-electron chi connectivity index (χ4n) is 2.81. The van der Waals surface area contributed by atoms with Gasteiger partial charge in [0.2, 0.25) is 0 Å². The normalized spacial score (nSPS) is 17.0. The van der Waals surface area contributed by atoms with Crippen molar-refractivity contribution in [2.24, 2.45) is 10.2 Å². The summed E-state index contributed by atoms with van der Waals surface area (Å²) in [4.78, 5) is 1.86. The maximum absolute atomic E-state index is 12.9. The lowest BCUT2D eigenvalue weighted by Crippen LogP contribution is -2.35. The van der Waals surface area contributed by atoms with Gasteiger partial charge in [-0.15, -0.1) is 20.4 Å². The highest BCUT2D eigenvalue weighted by molar-refractivity contribution is 7.93. The van der Waals surface area contributed by atoms with Gasteiger partial charge in [0.1, 0.15) is 11.2 Å². The van der Waals surface area contributed by atoms with Gasteiger partial charge in [-0.2, -0.15) is 21.6 Å². The van der Waals surface area contributed by atoms with Crippen LogP contribution >= 0.6 is 11.3 Å². The molecule has 0 saturated carbocycles. The van der Waals surface area contributed by atoms with Gasteiger partial charge in [-0.1, -0.05) is 25.2 Å². The number of hydrogen-bond acceptors (Lipinski definition) is 8. The van der Waals surface area contributed by atoms with E-state index in [0.717, 1.165) is 23.3 Å². The number of rotatable bonds is 4. The summed E-state index contributed by atoms with van der Waals surface area (Å²) in [6, 6.07) is 2.91. The SMILES string of the molecule is CN1CCC(C)(C)c2cc(N=Nc3nncs3)c(NS(=O)(=O)C(F)(F)F)cc21. The van der Waals surface area contributed by atoms with E-state index in [1.54, 1.807) is 17.8 Å². The lowest BCUT2D eigenvalue weighted by Gasteiger charge is -2.39. The lowest BCUT2D eigenvalue weighted by atomic mass is 9.77. The molecule has 2 aromatic rings. The van der Waals surface area contributed by atoms with E-state index in [9.17, 15) is 21.6 Å². The van der Waals surface area contributed by atoms with Gasteiger partial charge >= 0.3 is 15.5 Å². The van der Waals surface area contributed by atoms with Crippen molar-refractivity contribution >= 4 is 43.6 Å². The summed E-state index contributed by atoms with van der Waals surface area (Å²) < 4.78 is 63.5. The first-order chi connectivity index (χ1) is 12.9. The van der Waals surface area contributed by atoms with Crippen LogP contribution in [0.15, 0.2) is 27.9 Å². The summed E-state index contributed by atoms with van der Waals surface area (Å²) in [7, 11) is -3.82. The van der Waals surface area contributed by atoms with Crippen LogP contribution in [0.5, 0.6) is 0 Å². The number of azo groups is 1. The second-order valence-corrected chi connectivity index (χ2v) is 9.40. The quantitative estimate of drug-likeness (QED) is 0.722. The van der Waals surface area contributed by atoms with E-state index in [4.69, 9.17) is 0 Å². The zero-order valence-electron chi connectivity index (χ0n) is 15.1. The Morgan fingerprint density at radius 1 is 1.29 bits per heavy atom. The predicted molar refractivity (Wildman–Crippen MR) is 100 cm³/mol. The molecule has 152 valence electrons. The molecule has 0 unspecified atom stereocenters. The van der Waals surface area contributed by atoms with Gasteiger partial charge in [-0.3, -0.25) is 4.72 Å². The average molecular weight is 434 g/mol. The second kappa shape index (κ2) is 6.95. The van der Waals surface area contributed by atoms with Gasteiger partial charge in [-0.25, -0.2) is 0 Å². The molecule has 1 aromatic heterocycles. The monoisotopic (exact) mass is 434 g/mol. The Morgan fingerprint density at radius 3 is 2.61 bits per heavy atom. The molecule has 3 rings (SSSR count). The molecule has 0 radical (unpaired) electrons. The van der Waals surface area contributed by atoms with Crippen LogP contribution in [0.1, 0.15) is 25.8 Å². The number of nitrogens with zero attached hydrogens (tertiary/aromatic N) is 5. The van der Waals surface area contributed by atoms with E-state index < -0.39 is 15.5 Å². The molecule has 0 fully saturated rings. The first-order valence-corrected chi connectivity index (χ1v) is 10.4. The molecule has 1 aliphatic heterocycles. The summed E-state index contributed by atoms with van der Waals surface area (Å²) in [5.41, 5.74) is -3.18. The molecule has 28 heavy (non-hydrogen) atoms. The lowest BCUT2D eigenvalue weighted by molar-refractivity contribution is -0.0429. The molecule has 0 saturated heterocycles. The van der Waals surface area contributed by atoms with E-state index in [2.05, 4.69) is 20.4 Å². The third-order valence-corrected chi connectivity index (χ3v) is 6.14. The Bertz CT molecular complexity index is 1000. The summed E-state index contributed by atoms with van der Waals surface area (Å²) in [6.07, 6.45) is 0.817. The predicted octanol–water partition coefficient (Wildman–Crippen LogP) is 4.33. The number of hydrogen-bond donors (Lipinski definition) is 1. The highest BCUT2D eigenvalue weighted by Gasteiger charge is 2.46. The zero-order valence-corrected chi connectivity index (χ0v) is 16.8. The average Bonchev–Trinajstić information content (AvgIpc) is 3.09. The van der Waals surface area contributed by atoms with Crippen LogP contribution in [-0.4, -0.2) is 37.7 Å². The third kappa shape index (κ3) is 3.94. The molecule has 1 N–H and O–H groups in total. The number of nitrogens with one attached hydrogen (secondary N) is 1. The number of fused-ring (bicyclic) bond motifs is 1. The molecule has 1 aliphatic rings. The molecule has 0 spiro atoms. The number of halogens is 3. The zero-order chi connectivity index (χ0) is 20.7. The fraction of sp³-hybridized carbons (Fsp3) is 0.467. The van der Waals surface area contributed by atoms with Crippen molar-refractivity contribution in [1.82, 2.24) is 10.2 Å². The first kappa shape index (κ1) is 20.5. The second-order valence-electron chi connectivity index (χ2n) is 6.91. The van der Waals surface area contributed by atoms with E-state index in [0.29, 0.717) is 12.2 Å². The maximum atomic E-state index is 12.9. The van der Waals surface area contributed by atoms with Crippen LogP contribution < -0.4 is 9.62 Å². The molecule has 1 aromatic carbocycles. The Balaban J connectivity index is 2.14. The Kier molecular flexibility index (Phi) is 5.08. The number of alkyl halides is 3.